The quantitative estimate of drug-likeness (QED) is 0.774. The number of benzene rings is 1. The van der Waals surface area contributed by atoms with Gasteiger partial charge in [0, 0.05) is 32.0 Å². The Morgan fingerprint density at radius 2 is 2.07 bits per heavy atom. The number of rotatable bonds is 5. The summed E-state index contributed by atoms with van der Waals surface area (Å²) >= 11 is 0. The van der Waals surface area contributed by atoms with Crippen molar-refractivity contribution in [2.75, 3.05) is 38.3 Å². The van der Waals surface area contributed by atoms with E-state index in [0.717, 1.165) is 24.9 Å². The summed E-state index contributed by atoms with van der Waals surface area (Å²) in [4.78, 5) is 20.5. The van der Waals surface area contributed by atoms with Gasteiger partial charge in [0.15, 0.2) is 6.61 Å². The fourth-order valence-corrected chi connectivity index (χ4v) is 4.14. The van der Waals surface area contributed by atoms with E-state index in [1.807, 2.05) is 11.9 Å². The number of hydrogen-bond donors (Lipinski definition) is 0. The first-order chi connectivity index (χ1) is 14.0. The molecule has 1 aromatic heterocycles. The summed E-state index contributed by atoms with van der Waals surface area (Å²) in [6.45, 7) is 2.01. The van der Waals surface area contributed by atoms with Crippen molar-refractivity contribution in [3.63, 3.8) is 0 Å². The Hall–Kier alpha value is -2.67. The number of hydrogen-bond acceptors (Lipinski definition) is 5. The minimum atomic E-state index is -0.231. The summed E-state index contributed by atoms with van der Waals surface area (Å²) in [5, 5.41) is 0. The molecule has 154 valence electrons. The molecular formula is C22H26FN3O3. The lowest BCUT2D eigenvalue weighted by atomic mass is 9.87. The Morgan fingerprint density at radius 3 is 2.76 bits per heavy atom. The highest BCUT2D eigenvalue weighted by Crippen LogP contribution is 2.38. The van der Waals surface area contributed by atoms with Crippen molar-refractivity contribution in [1.82, 2.24) is 9.88 Å². The highest BCUT2D eigenvalue weighted by atomic mass is 19.1. The van der Waals surface area contributed by atoms with E-state index in [4.69, 9.17) is 9.47 Å². The molecule has 0 N–H and O–H groups in total. The average molecular weight is 399 g/mol. The van der Waals surface area contributed by atoms with E-state index in [1.165, 1.54) is 12.1 Å². The van der Waals surface area contributed by atoms with E-state index in [-0.39, 0.29) is 30.0 Å². The summed E-state index contributed by atoms with van der Waals surface area (Å²) in [6.07, 6.45) is 5.82. The van der Waals surface area contributed by atoms with E-state index in [0.29, 0.717) is 25.4 Å². The van der Waals surface area contributed by atoms with E-state index in [1.54, 1.807) is 36.7 Å². The predicted molar refractivity (Wildman–Crippen MR) is 107 cm³/mol. The van der Waals surface area contributed by atoms with Gasteiger partial charge in [-0.25, -0.2) is 4.39 Å². The number of piperidine rings is 1. The molecule has 3 heterocycles. The number of aromatic nitrogens is 1. The van der Waals surface area contributed by atoms with E-state index in [2.05, 4.69) is 9.88 Å². The number of pyridine rings is 1. The van der Waals surface area contributed by atoms with Crippen LogP contribution in [0.1, 0.15) is 19.3 Å². The second-order valence-corrected chi connectivity index (χ2v) is 7.80. The maximum absolute atomic E-state index is 13.2. The zero-order valence-electron chi connectivity index (χ0n) is 16.6. The zero-order valence-corrected chi connectivity index (χ0v) is 16.6. The van der Waals surface area contributed by atoms with Crippen molar-refractivity contribution in [2.24, 2.45) is 0 Å². The minimum absolute atomic E-state index is 0.0123. The number of carbonyl (C=O) groups excluding carboxylic acids is 1. The molecule has 7 heteroatoms. The Morgan fingerprint density at radius 1 is 1.31 bits per heavy atom. The van der Waals surface area contributed by atoms with Crippen molar-refractivity contribution in [2.45, 2.75) is 30.9 Å². The van der Waals surface area contributed by atoms with Gasteiger partial charge in [-0.15, -0.1) is 0 Å². The van der Waals surface area contributed by atoms with Crippen LogP contribution in [0.2, 0.25) is 0 Å². The number of likely N-dealkylation sites (tertiary alicyclic amines) is 1. The summed E-state index contributed by atoms with van der Waals surface area (Å²) in [7, 11) is 2.02. The van der Waals surface area contributed by atoms with E-state index in [9.17, 15) is 9.18 Å². The third kappa shape index (κ3) is 4.50. The van der Waals surface area contributed by atoms with Crippen molar-refractivity contribution in [3.8, 4) is 5.75 Å². The summed E-state index contributed by atoms with van der Waals surface area (Å²) in [5.41, 5.74) is 0.803. The molecule has 4 rings (SSSR count). The molecule has 29 heavy (non-hydrogen) atoms. The van der Waals surface area contributed by atoms with Gasteiger partial charge < -0.3 is 19.3 Å². The lowest BCUT2D eigenvalue weighted by molar-refractivity contribution is -0.138. The molecule has 2 saturated heterocycles. The molecule has 2 aliphatic heterocycles. The van der Waals surface area contributed by atoms with Gasteiger partial charge >= 0.3 is 0 Å². The molecule has 0 bridgehead atoms. The molecular weight excluding hydrogens is 373 g/mol. The van der Waals surface area contributed by atoms with Crippen LogP contribution in [0.3, 0.4) is 0 Å². The number of ether oxygens (including phenoxy) is 2. The first-order valence-electron chi connectivity index (χ1n) is 9.98. The molecule has 2 fully saturated rings. The van der Waals surface area contributed by atoms with Crippen LogP contribution >= 0.6 is 0 Å². The molecule has 1 spiro atoms. The third-order valence-electron chi connectivity index (χ3n) is 6.00. The fraction of sp³-hybridized carbons (Fsp3) is 0.455. The molecule has 2 aromatic rings. The van der Waals surface area contributed by atoms with Crippen molar-refractivity contribution >= 4 is 11.6 Å². The van der Waals surface area contributed by atoms with Crippen LogP contribution in [0.4, 0.5) is 10.1 Å². The van der Waals surface area contributed by atoms with Gasteiger partial charge in [0.05, 0.1) is 24.4 Å². The summed E-state index contributed by atoms with van der Waals surface area (Å²) in [5.74, 6) is 0.354. The number of amides is 1. The van der Waals surface area contributed by atoms with Gasteiger partial charge in [0.25, 0.3) is 5.91 Å². The highest BCUT2D eigenvalue weighted by Gasteiger charge is 2.44. The maximum Gasteiger partial charge on any atom is 0.260 e. The summed E-state index contributed by atoms with van der Waals surface area (Å²) in [6, 6.07) is 10.4. The Bertz CT molecular complexity index is 823. The average Bonchev–Trinajstić information content (AvgIpc) is 3.17. The maximum atomic E-state index is 13.2. The third-order valence-corrected chi connectivity index (χ3v) is 6.00. The van der Waals surface area contributed by atoms with Gasteiger partial charge in [-0.1, -0.05) is 0 Å². The second-order valence-electron chi connectivity index (χ2n) is 7.80. The van der Waals surface area contributed by atoms with Crippen LogP contribution in [0.25, 0.3) is 0 Å². The van der Waals surface area contributed by atoms with Crippen LogP contribution in [-0.2, 0) is 9.53 Å². The molecule has 6 nitrogen and oxygen atoms in total. The fourth-order valence-electron chi connectivity index (χ4n) is 4.14. The molecule has 1 atom stereocenters. The Labute approximate surface area is 170 Å². The van der Waals surface area contributed by atoms with Gasteiger partial charge in [-0.05, 0) is 55.7 Å². The number of carbonyl (C=O) groups is 1. The minimum Gasteiger partial charge on any atom is -0.482 e. The molecule has 0 unspecified atom stereocenters. The zero-order chi connectivity index (χ0) is 20.3. The largest absolute Gasteiger partial charge is 0.482 e. The number of halogens is 1. The van der Waals surface area contributed by atoms with Gasteiger partial charge in [0.1, 0.15) is 11.6 Å². The van der Waals surface area contributed by atoms with E-state index >= 15 is 0 Å². The Kier molecular flexibility index (Phi) is 5.67. The Balaban J connectivity index is 1.27. The van der Waals surface area contributed by atoms with Crippen molar-refractivity contribution in [1.29, 1.82) is 0 Å². The lowest BCUT2D eigenvalue weighted by Gasteiger charge is -2.39. The lowest BCUT2D eigenvalue weighted by Crippen LogP contribution is -2.48. The van der Waals surface area contributed by atoms with E-state index < -0.39 is 0 Å². The van der Waals surface area contributed by atoms with Crippen molar-refractivity contribution in [3.05, 3.63) is 54.6 Å². The SMILES string of the molecule is CN(c1ccc(F)cc1)[C@H]1COC2(CCN(C(=O)COc3cccnc3)CC2)C1. The molecule has 0 aliphatic carbocycles. The van der Waals surface area contributed by atoms with Crippen LogP contribution in [0, 0.1) is 5.82 Å². The van der Waals surface area contributed by atoms with Crippen LogP contribution in [0.5, 0.6) is 5.75 Å². The summed E-state index contributed by atoms with van der Waals surface area (Å²) < 4.78 is 24.9. The monoisotopic (exact) mass is 399 g/mol. The first kappa shape index (κ1) is 19.6. The second kappa shape index (κ2) is 8.37. The molecule has 2 aliphatic rings. The smallest absolute Gasteiger partial charge is 0.260 e. The first-order valence-corrected chi connectivity index (χ1v) is 9.98. The van der Waals surface area contributed by atoms with Crippen LogP contribution < -0.4 is 9.64 Å². The van der Waals surface area contributed by atoms with Crippen LogP contribution in [-0.4, -0.2) is 60.8 Å². The molecule has 1 aromatic carbocycles. The standard InChI is InChI=1S/C22H26FN3O3/c1-25(18-6-4-17(23)5-7-18)19-13-22(29-15-19)8-11-26(12-9-22)21(27)16-28-20-3-2-10-24-14-20/h2-7,10,14,19H,8-9,11-13,15-16H2,1H3/t19-/m1/s1. The predicted octanol–water partition coefficient (Wildman–Crippen LogP) is 2.89. The van der Waals surface area contributed by atoms with Gasteiger partial charge in [0.2, 0.25) is 0 Å². The van der Waals surface area contributed by atoms with Crippen molar-refractivity contribution < 1.29 is 18.7 Å². The number of likely N-dealkylation sites (N-methyl/N-ethyl adjacent to an activating group) is 1. The van der Waals surface area contributed by atoms with Gasteiger partial charge in [-0.2, -0.15) is 0 Å². The molecule has 0 radical (unpaired) electrons. The highest BCUT2D eigenvalue weighted by molar-refractivity contribution is 5.77. The molecule has 1 amide bonds. The van der Waals surface area contributed by atoms with Crippen LogP contribution in [0.15, 0.2) is 48.8 Å². The normalized spacial score (nSPS) is 20.6. The molecule has 0 saturated carbocycles. The number of nitrogens with zero attached hydrogens (tertiary/aromatic N) is 3. The van der Waals surface area contributed by atoms with Gasteiger partial charge in [-0.3, -0.25) is 9.78 Å². The topological polar surface area (TPSA) is 54.9 Å². The number of anilines is 1.